The van der Waals surface area contributed by atoms with Gasteiger partial charge in [0, 0.05) is 13.0 Å². The number of aryl methyl sites for hydroxylation is 1. The van der Waals surface area contributed by atoms with Gasteiger partial charge in [0.05, 0.1) is 15.6 Å². The Labute approximate surface area is 179 Å². The van der Waals surface area contributed by atoms with Crippen LogP contribution in [0.5, 0.6) is 5.75 Å². The minimum Gasteiger partial charge on any atom is -0.484 e. The van der Waals surface area contributed by atoms with Crippen LogP contribution in [0.2, 0.25) is 0 Å². The molecule has 1 saturated heterocycles. The molecule has 1 aliphatic heterocycles. The maximum atomic E-state index is 12.0. The third-order valence-electron chi connectivity index (χ3n) is 4.70. The van der Waals surface area contributed by atoms with Crippen molar-refractivity contribution >= 4 is 40.5 Å². The Kier molecular flexibility index (Phi) is 7.00. The zero-order chi connectivity index (χ0) is 19.9. The van der Waals surface area contributed by atoms with Gasteiger partial charge in [0.2, 0.25) is 0 Å². The van der Waals surface area contributed by atoms with Crippen LogP contribution in [0.4, 0.5) is 0 Å². The molecule has 29 heavy (non-hydrogen) atoms. The van der Waals surface area contributed by atoms with Gasteiger partial charge >= 0.3 is 0 Å². The average Bonchev–Trinajstić information content (AvgIpc) is 3.19. The molecule has 152 valence electrons. The number of nitrogens with zero attached hydrogens (tertiary/aromatic N) is 1. The number of benzene rings is 2. The minimum atomic E-state index is -0.0999. The summed E-state index contributed by atoms with van der Waals surface area (Å²) in [6.07, 6.45) is 2.92. The van der Waals surface area contributed by atoms with Crippen molar-refractivity contribution in [3.05, 3.63) is 59.9 Å². The lowest BCUT2D eigenvalue weighted by atomic mass is 10.2. The topological polar surface area (TPSA) is 67.0 Å². The summed E-state index contributed by atoms with van der Waals surface area (Å²) >= 11 is 4.00. The quantitative estimate of drug-likeness (QED) is 0.516. The number of aromatic amines is 1. The summed E-state index contributed by atoms with van der Waals surface area (Å²) in [7, 11) is 0. The van der Waals surface area contributed by atoms with Gasteiger partial charge < -0.3 is 15.0 Å². The average molecular weight is 428 g/mol. The second kappa shape index (κ2) is 10.1. The van der Waals surface area contributed by atoms with Crippen LogP contribution in [-0.2, 0) is 11.2 Å². The second-order valence-electron chi connectivity index (χ2n) is 6.94. The zero-order valence-corrected chi connectivity index (χ0v) is 17.9. The first-order valence-electron chi connectivity index (χ1n) is 9.94. The number of para-hydroxylation sites is 2. The molecule has 3 aromatic rings. The fourth-order valence-electron chi connectivity index (χ4n) is 3.21. The van der Waals surface area contributed by atoms with Crippen molar-refractivity contribution in [2.45, 2.75) is 23.8 Å². The SMILES string of the molecule is O=C(COc1ccc(C2SCCCS2)cc1)NCCCc1nc2ccccc2[nH]1. The number of imidazole rings is 1. The second-order valence-corrected chi connectivity index (χ2v) is 9.66. The first kappa shape index (κ1) is 20.2. The number of nitrogens with one attached hydrogen (secondary N) is 2. The Morgan fingerprint density at radius 3 is 2.72 bits per heavy atom. The number of thioether (sulfide) groups is 2. The predicted octanol–water partition coefficient (Wildman–Crippen LogP) is 4.56. The molecular weight excluding hydrogens is 402 g/mol. The van der Waals surface area contributed by atoms with Crippen LogP contribution in [0.25, 0.3) is 11.0 Å². The van der Waals surface area contributed by atoms with E-state index in [0.29, 0.717) is 11.1 Å². The van der Waals surface area contributed by atoms with Gasteiger partial charge in [0.25, 0.3) is 5.91 Å². The van der Waals surface area contributed by atoms with Crippen LogP contribution in [0.3, 0.4) is 0 Å². The van der Waals surface area contributed by atoms with Crippen molar-refractivity contribution in [1.82, 2.24) is 15.3 Å². The molecule has 5 nitrogen and oxygen atoms in total. The van der Waals surface area contributed by atoms with Gasteiger partial charge in [-0.05, 0) is 54.2 Å². The molecule has 0 saturated carbocycles. The fraction of sp³-hybridized carbons (Fsp3) is 0.364. The summed E-state index contributed by atoms with van der Waals surface area (Å²) in [4.78, 5) is 19.9. The van der Waals surface area contributed by atoms with Crippen LogP contribution >= 0.6 is 23.5 Å². The summed E-state index contributed by atoms with van der Waals surface area (Å²) in [6, 6.07) is 16.1. The highest BCUT2D eigenvalue weighted by molar-refractivity contribution is 8.16. The number of carbonyl (C=O) groups is 1. The molecule has 0 atom stereocenters. The maximum absolute atomic E-state index is 12.0. The maximum Gasteiger partial charge on any atom is 0.257 e. The molecule has 0 bridgehead atoms. The molecule has 1 fully saturated rings. The lowest BCUT2D eigenvalue weighted by Crippen LogP contribution is -2.29. The Morgan fingerprint density at radius 1 is 1.14 bits per heavy atom. The van der Waals surface area contributed by atoms with Crippen molar-refractivity contribution < 1.29 is 9.53 Å². The first-order valence-corrected chi connectivity index (χ1v) is 12.0. The van der Waals surface area contributed by atoms with Crippen molar-refractivity contribution in [2.75, 3.05) is 24.7 Å². The highest BCUT2D eigenvalue weighted by Gasteiger charge is 2.16. The Morgan fingerprint density at radius 2 is 1.93 bits per heavy atom. The Hall–Kier alpha value is -2.12. The smallest absolute Gasteiger partial charge is 0.257 e. The summed E-state index contributed by atoms with van der Waals surface area (Å²) < 4.78 is 6.14. The number of carbonyl (C=O) groups excluding carboxylic acids is 1. The van der Waals surface area contributed by atoms with Crippen LogP contribution in [0.1, 0.15) is 28.8 Å². The van der Waals surface area contributed by atoms with Crippen molar-refractivity contribution in [3.63, 3.8) is 0 Å². The molecule has 0 spiro atoms. The van der Waals surface area contributed by atoms with E-state index in [1.807, 2.05) is 59.9 Å². The lowest BCUT2D eigenvalue weighted by molar-refractivity contribution is -0.123. The molecule has 1 aromatic heterocycles. The van der Waals surface area contributed by atoms with E-state index in [1.165, 1.54) is 23.5 Å². The van der Waals surface area contributed by atoms with Crippen LogP contribution in [0, 0.1) is 0 Å². The summed E-state index contributed by atoms with van der Waals surface area (Å²) in [5.41, 5.74) is 3.35. The van der Waals surface area contributed by atoms with Gasteiger partial charge in [0.1, 0.15) is 11.6 Å². The van der Waals surface area contributed by atoms with Crippen LogP contribution in [0.15, 0.2) is 48.5 Å². The fourth-order valence-corrected chi connectivity index (χ4v) is 6.10. The highest BCUT2D eigenvalue weighted by Crippen LogP contribution is 2.43. The van der Waals surface area contributed by atoms with Gasteiger partial charge in [-0.25, -0.2) is 4.98 Å². The lowest BCUT2D eigenvalue weighted by Gasteiger charge is -2.21. The molecule has 2 aromatic carbocycles. The number of rotatable bonds is 8. The first-order chi connectivity index (χ1) is 14.3. The molecule has 0 unspecified atom stereocenters. The number of hydrogen-bond donors (Lipinski definition) is 2. The van der Waals surface area contributed by atoms with E-state index in [-0.39, 0.29) is 12.5 Å². The van der Waals surface area contributed by atoms with Gasteiger partial charge in [-0.3, -0.25) is 4.79 Å². The number of amides is 1. The molecule has 2 heterocycles. The summed E-state index contributed by atoms with van der Waals surface area (Å²) in [5.74, 6) is 4.04. The summed E-state index contributed by atoms with van der Waals surface area (Å²) in [6.45, 7) is 0.644. The van der Waals surface area contributed by atoms with E-state index < -0.39 is 0 Å². The standard InChI is InChI=1S/C22H25N3O2S2/c26-21(23-12-3-7-20-24-18-5-1-2-6-19(18)25-20)15-27-17-10-8-16(9-11-17)22-28-13-4-14-29-22/h1-2,5-6,8-11,22H,3-4,7,12-15H2,(H,23,26)(H,24,25). The van der Waals surface area contributed by atoms with Crippen molar-refractivity contribution in [2.24, 2.45) is 0 Å². The molecule has 4 rings (SSSR count). The summed E-state index contributed by atoms with van der Waals surface area (Å²) in [5, 5.41) is 2.91. The number of aromatic nitrogens is 2. The molecule has 1 amide bonds. The van der Waals surface area contributed by atoms with Gasteiger partial charge in [-0.1, -0.05) is 24.3 Å². The number of fused-ring (bicyclic) bond motifs is 1. The van der Waals surface area contributed by atoms with E-state index in [2.05, 4.69) is 27.4 Å². The molecule has 0 radical (unpaired) electrons. The van der Waals surface area contributed by atoms with E-state index in [9.17, 15) is 4.79 Å². The van der Waals surface area contributed by atoms with Crippen LogP contribution in [-0.4, -0.2) is 40.5 Å². The van der Waals surface area contributed by atoms with E-state index in [0.717, 1.165) is 35.4 Å². The van der Waals surface area contributed by atoms with Gasteiger partial charge in [-0.2, -0.15) is 0 Å². The monoisotopic (exact) mass is 427 g/mol. The van der Waals surface area contributed by atoms with Gasteiger partial charge in [-0.15, -0.1) is 23.5 Å². The molecular formula is C22H25N3O2S2. The van der Waals surface area contributed by atoms with E-state index >= 15 is 0 Å². The van der Waals surface area contributed by atoms with Crippen molar-refractivity contribution in [3.8, 4) is 5.75 Å². The molecule has 0 aliphatic carbocycles. The Balaban J connectivity index is 1.15. The third-order valence-corrected chi connectivity index (χ3v) is 7.72. The number of hydrogen-bond acceptors (Lipinski definition) is 5. The van der Waals surface area contributed by atoms with Crippen molar-refractivity contribution in [1.29, 1.82) is 0 Å². The highest BCUT2D eigenvalue weighted by atomic mass is 32.2. The minimum absolute atomic E-state index is 0.0386. The van der Waals surface area contributed by atoms with E-state index in [4.69, 9.17) is 4.74 Å². The van der Waals surface area contributed by atoms with Crippen LogP contribution < -0.4 is 10.1 Å². The van der Waals surface area contributed by atoms with Gasteiger partial charge in [0.15, 0.2) is 6.61 Å². The number of ether oxygens (including phenoxy) is 1. The molecule has 7 heteroatoms. The largest absolute Gasteiger partial charge is 0.484 e. The molecule has 1 aliphatic rings. The normalized spacial score (nSPS) is 14.8. The zero-order valence-electron chi connectivity index (χ0n) is 16.2. The molecule has 2 N–H and O–H groups in total. The number of H-pyrrole nitrogens is 1. The predicted molar refractivity (Wildman–Crippen MR) is 122 cm³/mol. The Bertz CT molecular complexity index is 904. The third kappa shape index (κ3) is 5.70. The van der Waals surface area contributed by atoms with E-state index in [1.54, 1.807) is 0 Å².